The zero-order valence-corrected chi connectivity index (χ0v) is 9.21. The van der Waals surface area contributed by atoms with Crippen molar-refractivity contribution >= 4 is 15.9 Å². The number of aromatic hydroxyl groups is 1. The summed E-state index contributed by atoms with van der Waals surface area (Å²) in [6, 6.07) is 7.74. The van der Waals surface area contributed by atoms with E-state index in [1.807, 2.05) is 6.07 Å². The van der Waals surface area contributed by atoms with Crippen LogP contribution < -0.4 is 0 Å². The number of rotatable bonds is 1. The van der Waals surface area contributed by atoms with Crippen LogP contribution in [0, 0.1) is 11.3 Å². The van der Waals surface area contributed by atoms with Gasteiger partial charge in [-0.15, -0.1) is 0 Å². The molecule has 3 heteroatoms. The van der Waals surface area contributed by atoms with Crippen molar-refractivity contribution in [2.45, 2.75) is 24.7 Å². The highest BCUT2D eigenvalue weighted by Gasteiger charge is 2.39. The van der Waals surface area contributed by atoms with E-state index in [1.54, 1.807) is 12.1 Å². The lowest BCUT2D eigenvalue weighted by atomic mass is 9.65. The van der Waals surface area contributed by atoms with Crippen molar-refractivity contribution in [1.29, 1.82) is 5.26 Å². The van der Waals surface area contributed by atoms with Crippen LogP contribution in [0.15, 0.2) is 22.7 Å². The summed E-state index contributed by atoms with van der Waals surface area (Å²) in [5, 5.41) is 18.6. The number of benzene rings is 1. The van der Waals surface area contributed by atoms with Crippen molar-refractivity contribution in [2.24, 2.45) is 0 Å². The Hall–Kier alpha value is -1.01. The minimum Gasteiger partial charge on any atom is -0.507 e. The largest absolute Gasteiger partial charge is 0.507 e. The first-order valence-corrected chi connectivity index (χ1v) is 5.37. The summed E-state index contributed by atoms with van der Waals surface area (Å²) in [7, 11) is 0. The molecular weight excluding hydrogens is 242 g/mol. The van der Waals surface area contributed by atoms with Gasteiger partial charge in [-0.05, 0) is 52.9 Å². The van der Waals surface area contributed by atoms with E-state index in [9.17, 15) is 5.11 Å². The first-order chi connectivity index (χ1) is 6.68. The summed E-state index contributed by atoms with van der Waals surface area (Å²) >= 11 is 3.23. The van der Waals surface area contributed by atoms with Gasteiger partial charge in [0, 0.05) is 0 Å². The van der Waals surface area contributed by atoms with Crippen LogP contribution in [-0.4, -0.2) is 5.11 Å². The predicted octanol–water partition coefficient (Wildman–Crippen LogP) is 3.10. The van der Waals surface area contributed by atoms with Crippen LogP contribution in [0.3, 0.4) is 0 Å². The molecule has 0 saturated heterocycles. The molecule has 0 amide bonds. The van der Waals surface area contributed by atoms with E-state index in [-0.39, 0.29) is 11.2 Å². The molecule has 2 nitrogen and oxygen atoms in total. The Bertz CT molecular complexity index is 404. The van der Waals surface area contributed by atoms with Gasteiger partial charge < -0.3 is 5.11 Å². The maximum atomic E-state index is 9.52. The number of hydrogen-bond donors (Lipinski definition) is 1. The summed E-state index contributed by atoms with van der Waals surface area (Å²) in [5.74, 6) is 0.212. The van der Waals surface area contributed by atoms with Crippen molar-refractivity contribution in [1.82, 2.24) is 0 Å². The molecule has 0 heterocycles. The Labute approximate surface area is 91.3 Å². The Balaban J connectivity index is 2.42. The van der Waals surface area contributed by atoms with Crippen LogP contribution in [0.1, 0.15) is 24.8 Å². The molecule has 1 fully saturated rings. The molecule has 0 unspecified atom stereocenters. The zero-order chi connectivity index (χ0) is 10.2. The maximum Gasteiger partial charge on any atom is 0.130 e. The van der Waals surface area contributed by atoms with Gasteiger partial charge in [-0.3, -0.25) is 0 Å². The van der Waals surface area contributed by atoms with E-state index in [0.717, 1.165) is 24.8 Å². The van der Waals surface area contributed by atoms with Crippen LogP contribution in [-0.2, 0) is 5.41 Å². The lowest BCUT2D eigenvalue weighted by Gasteiger charge is -2.35. The van der Waals surface area contributed by atoms with Gasteiger partial charge >= 0.3 is 0 Å². The van der Waals surface area contributed by atoms with Gasteiger partial charge in [0.2, 0.25) is 0 Å². The molecule has 2 rings (SSSR count). The second-order valence-electron chi connectivity index (χ2n) is 3.71. The lowest BCUT2D eigenvalue weighted by Crippen LogP contribution is -2.32. The van der Waals surface area contributed by atoms with Crippen molar-refractivity contribution in [3.8, 4) is 11.8 Å². The third-order valence-electron chi connectivity index (χ3n) is 2.92. The SMILES string of the molecule is N#CC1(c2ccc(Br)c(O)c2)CCC1. The zero-order valence-electron chi connectivity index (χ0n) is 7.63. The number of hydrogen-bond acceptors (Lipinski definition) is 2. The topological polar surface area (TPSA) is 44.0 Å². The standard InChI is InChI=1S/C11H10BrNO/c12-9-3-2-8(6-10(9)14)11(7-13)4-1-5-11/h2-3,6,14H,1,4-5H2. The molecular formula is C11H10BrNO. The summed E-state index contributed by atoms with van der Waals surface area (Å²) in [6.45, 7) is 0. The predicted molar refractivity (Wildman–Crippen MR) is 56.9 cm³/mol. The van der Waals surface area contributed by atoms with Crippen LogP contribution in [0.25, 0.3) is 0 Å². The van der Waals surface area contributed by atoms with Crippen molar-refractivity contribution in [3.05, 3.63) is 28.2 Å². The number of phenolic OH excluding ortho intramolecular Hbond substituents is 1. The van der Waals surface area contributed by atoms with Gasteiger partial charge in [-0.25, -0.2) is 0 Å². The lowest BCUT2D eigenvalue weighted by molar-refractivity contribution is 0.322. The molecule has 0 aromatic heterocycles. The van der Waals surface area contributed by atoms with Gasteiger partial charge in [-0.2, -0.15) is 5.26 Å². The fourth-order valence-corrected chi connectivity index (χ4v) is 2.05. The molecule has 0 bridgehead atoms. The summed E-state index contributed by atoms with van der Waals surface area (Å²) in [4.78, 5) is 0. The summed E-state index contributed by atoms with van der Waals surface area (Å²) in [5.41, 5.74) is 0.602. The Morgan fingerprint density at radius 1 is 1.43 bits per heavy atom. The third kappa shape index (κ3) is 1.31. The van der Waals surface area contributed by atoms with Gasteiger partial charge in [-0.1, -0.05) is 6.07 Å². The summed E-state index contributed by atoms with van der Waals surface area (Å²) in [6.07, 6.45) is 2.92. The fraction of sp³-hybridized carbons (Fsp3) is 0.364. The molecule has 72 valence electrons. The average Bonchev–Trinajstić information content (AvgIpc) is 2.10. The highest BCUT2D eigenvalue weighted by atomic mass is 79.9. The molecule has 1 N–H and O–H groups in total. The molecule has 1 aliphatic rings. The molecule has 1 saturated carbocycles. The van der Waals surface area contributed by atoms with E-state index in [1.165, 1.54) is 0 Å². The van der Waals surface area contributed by atoms with Crippen molar-refractivity contribution in [3.63, 3.8) is 0 Å². The Kier molecular flexibility index (Phi) is 2.24. The maximum absolute atomic E-state index is 9.52. The molecule has 0 atom stereocenters. The smallest absolute Gasteiger partial charge is 0.130 e. The number of halogens is 1. The van der Waals surface area contributed by atoms with E-state index in [4.69, 9.17) is 5.26 Å². The van der Waals surface area contributed by atoms with E-state index in [2.05, 4.69) is 22.0 Å². The number of nitrogens with zero attached hydrogens (tertiary/aromatic N) is 1. The molecule has 14 heavy (non-hydrogen) atoms. The molecule has 0 spiro atoms. The van der Waals surface area contributed by atoms with Gasteiger partial charge in [0.25, 0.3) is 0 Å². The molecule has 1 aromatic carbocycles. The fourth-order valence-electron chi connectivity index (χ4n) is 1.81. The van der Waals surface area contributed by atoms with Gasteiger partial charge in [0.15, 0.2) is 0 Å². The third-order valence-corrected chi connectivity index (χ3v) is 3.59. The average molecular weight is 252 g/mol. The van der Waals surface area contributed by atoms with Crippen LogP contribution >= 0.6 is 15.9 Å². The second kappa shape index (κ2) is 3.29. The highest BCUT2D eigenvalue weighted by molar-refractivity contribution is 9.10. The minimum absolute atomic E-state index is 0.212. The number of phenols is 1. The van der Waals surface area contributed by atoms with E-state index >= 15 is 0 Å². The molecule has 1 aromatic rings. The van der Waals surface area contributed by atoms with Crippen molar-refractivity contribution < 1.29 is 5.11 Å². The minimum atomic E-state index is -0.335. The Morgan fingerprint density at radius 3 is 2.57 bits per heavy atom. The van der Waals surface area contributed by atoms with Crippen LogP contribution in [0.5, 0.6) is 5.75 Å². The quantitative estimate of drug-likeness (QED) is 0.834. The highest BCUT2D eigenvalue weighted by Crippen LogP contribution is 2.44. The van der Waals surface area contributed by atoms with E-state index < -0.39 is 0 Å². The monoisotopic (exact) mass is 251 g/mol. The normalized spacial score (nSPS) is 18.3. The van der Waals surface area contributed by atoms with Crippen LogP contribution in [0.4, 0.5) is 0 Å². The molecule has 1 aliphatic carbocycles. The van der Waals surface area contributed by atoms with Crippen molar-refractivity contribution in [2.75, 3.05) is 0 Å². The second-order valence-corrected chi connectivity index (χ2v) is 4.57. The van der Waals surface area contributed by atoms with Crippen LogP contribution in [0.2, 0.25) is 0 Å². The van der Waals surface area contributed by atoms with Gasteiger partial charge in [0.1, 0.15) is 5.75 Å². The van der Waals surface area contributed by atoms with E-state index in [0.29, 0.717) is 4.47 Å². The number of nitriles is 1. The first-order valence-electron chi connectivity index (χ1n) is 4.58. The molecule has 0 aliphatic heterocycles. The van der Waals surface area contributed by atoms with Gasteiger partial charge in [0.05, 0.1) is 16.0 Å². The first kappa shape index (κ1) is 9.54. The Morgan fingerprint density at radius 2 is 2.14 bits per heavy atom. The summed E-state index contributed by atoms with van der Waals surface area (Å²) < 4.78 is 0.675. The molecule has 0 radical (unpaired) electrons.